The van der Waals surface area contributed by atoms with Crippen molar-refractivity contribution in [3.05, 3.63) is 60.7 Å². The monoisotopic (exact) mass is 347 g/mol. The second-order valence-electron chi connectivity index (χ2n) is 6.48. The van der Waals surface area contributed by atoms with Gasteiger partial charge in [0.1, 0.15) is 5.69 Å². The Morgan fingerprint density at radius 2 is 2.15 bits per heavy atom. The summed E-state index contributed by atoms with van der Waals surface area (Å²) in [4.78, 5) is 19.1. The van der Waals surface area contributed by atoms with E-state index in [4.69, 9.17) is 4.42 Å². The molecule has 5 rings (SSSR count). The molecule has 0 bridgehead atoms. The number of nitrogens with zero attached hydrogens (tertiary/aromatic N) is 4. The lowest BCUT2D eigenvalue weighted by molar-refractivity contribution is 0.0782. The highest BCUT2D eigenvalue weighted by Gasteiger charge is 2.30. The maximum absolute atomic E-state index is 12.8. The van der Waals surface area contributed by atoms with E-state index < -0.39 is 0 Å². The third-order valence-electron chi connectivity index (χ3n) is 4.91. The Morgan fingerprint density at radius 1 is 1.23 bits per heavy atom. The number of imidazole rings is 1. The molecule has 0 saturated carbocycles. The quantitative estimate of drug-likeness (QED) is 0.617. The highest BCUT2D eigenvalue weighted by molar-refractivity contribution is 5.93. The number of aromatic amines is 1. The van der Waals surface area contributed by atoms with Crippen LogP contribution in [-0.2, 0) is 0 Å². The minimum Gasteiger partial charge on any atom is -0.463 e. The van der Waals surface area contributed by atoms with E-state index in [0.29, 0.717) is 30.2 Å². The maximum atomic E-state index is 12.8. The summed E-state index contributed by atoms with van der Waals surface area (Å²) in [6.45, 7) is 1.36. The first-order chi connectivity index (χ1) is 12.8. The molecule has 0 aliphatic carbocycles. The van der Waals surface area contributed by atoms with Crippen molar-refractivity contribution in [3.63, 3.8) is 0 Å². The highest BCUT2D eigenvalue weighted by Crippen LogP contribution is 2.27. The Morgan fingerprint density at radius 3 is 3.04 bits per heavy atom. The lowest BCUT2D eigenvalue weighted by Crippen LogP contribution is -2.29. The standard InChI is InChI=1S/C19H17N5O2/c25-19(16-10-15(21-22-16)18-6-3-9-26-18)23-8-7-13(11-23)24-12-20-14-4-1-2-5-17(14)24/h1-6,9-10,12-13H,7-8,11H2,(H,21,22). The molecule has 0 radical (unpaired) electrons. The molecule has 1 atom stereocenters. The van der Waals surface area contributed by atoms with Gasteiger partial charge < -0.3 is 13.9 Å². The maximum Gasteiger partial charge on any atom is 0.274 e. The second kappa shape index (κ2) is 5.87. The minimum atomic E-state index is -0.0639. The molecule has 4 heterocycles. The summed E-state index contributed by atoms with van der Waals surface area (Å²) in [6.07, 6.45) is 4.37. The minimum absolute atomic E-state index is 0.0639. The number of benzene rings is 1. The van der Waals surface area contributed by atoms with Gasteiger partial charge in [0.2, 0.25) is 0 Å². The lowest BCUT2D eigenvalue weighted by Gasteiger charge is -2.16. The van der Waals surface area contributed by atoms with E-state index in [1.54, 1.807) is 18.4 Å². The first kappa shape index (κ1) is 14.9. The predicted molar refractivity (Wildman–Crippen MR) is 95.6 cm³/mol. The first-order valence-electron chi connectivity index (χ1n) is 8.60. The van der Waals surface area contributed by atoms with Gasteiger partial charge in [0.25, 0.3) is 5.91 Å². The normalized spacial score (nSPS) is 17.2. The van der Waals surface area contributed by atoms with Crippen molar-refractivity contribution in [1.29, 1.82) is 0 Å². The molecule has 0 spiro atoms. The van der Waals surface area contributed by atoms with Gasteiger partial charge in [0, 0.05) is 19.2 Å². The molecule has 3 aromatic heterocycles. The molecule has 26 heavy (non-hydrogen) atoms. The molecule has 1 unspecified atom stereocenters. The summed E-state index contributed by atoms with van der Waals surface area (Å²) < 4.78 is 7.51. The smallest absolute Gasteiger partial charge is 0.274 e. The van der Waals surface area contributed by atoms with Crippen LogP contribution in [-0.4, -0.2) is 43.6 Å². The van der Waals surface area contributed by atoms with Crippen LogP contribution in [0.3, 0.4) is 0 Å². The molecule has 4 aromatic rings. The van der Waals surface area contributed by atoms with E-state index in [9.17, 15) is 4.79 Å². The molecule has 1 aliphatic heterocycles. The Kier molecular flexibility index (Phi) is 3.38. The fourth-order valence-electron chi connectivity index (χ4n) is 3.57. The highest BCUT2D eigenvalue weighted by atomic mass is 16.3. The predicted octanol–water partition coefficient (Wildman–Crippen LogP) is 3.11. The largest absolute Gasteiger partial charge is 0.463 e. The number of hydrogen-bond acceptors (Lipinski definition) is 4. The van der Waals surface area contributed by atoms with Gasteiger partial charge in [-0.15, -0.1) is 0 Å². The van der Waals surface area contributed by atoms with Crippen LogP contribution in [0.1, 0.15) is 23.0 Å². The molecule has 7 heteroatoms. The number of likely N-dealkylation sites (tertiary alicyclic amines) is 1. The van der Waals surface area contributed by atoms with E-state index >= 15 is 0 Å². The zero-order valence-corrected chi connectivity index (χ0v) is 14.0. The Balaban J connectivity index is 1.35. The van der Waals surface area contributed by atoms with Gasteiger partial charge in [-0.25, -0.2) is 4.98 Å². The first-order valence-corrected chi connectivity index (χ1v) is 8.60. The topological polar surface area (TPSA) is 80.0 Å². The molecule has 1 amide bonds. The summed E-state index contributed by atoms with van der Waals surface area (Å²) in [5.41, 5.74) is 3.20. The van der Waals surface area contributed by atoms with Crippen molar-refractivity contribution < 1.29 is 9.21 Å². The molecular formula is C19H17N5O2. The number of aromatic nitrogens is 4. The molecule has 1 fully saturated rings. The fraction of sp³-hybridized carbons (Fsp3) is 0.211. The summed E-state index contributed by atoms with van der Waals surface area (Å²) in [7, 11) is 0. The van der Waals surface area contributed by atoms with Gasteiger partial charge in [-0.2, -0.15) is 5.10 Å². The molecule has 1 aliphatic rings. The van der Waals surface area contributed by atoms with Crippen LogP contribution in [0.15, 0.2) is 59.5 Å². The van der Waals surface area contributed by atoms with E-state index in [2.05, 4.69) is 25.8 Å². The number of carbonyl (C=O) groups is 1. The average Bonchev–Trinajstić information content (AvgIpc) is 3.47. The Labute approximate surface area is 149 Å². The van der Waals surface area contributed by atoms with Crippen molar-refractivity contribution in [2.75, 3.05) is 13.1 Å². The number of fused-ring (bicyclic) bond motifs is 1. The van der Waals surface area contributed by atoms with Crippen molar-refractivity contribution in [1.82, 2.24) is 24.6 Å². The van der Waals surface area contributed by atoms with E-state index in [-0.39, 0.29) is 11.9 Å². The van der Waals surface area contributed by atoms with Crippen molar-refractivity contribution in [3.8, 4) is 11.5 Å². The number of furan rings is 1. The zero-order chi connectivity index (χ0) is 17.5. The zero-order valence-electron chi connectivity index (χ0n) is 14.0. The molecule has 1 aromatic carbocycles. The number of carbonyl (C=O) groups excluding carboxylic acids is 1. The van der Waals surface area contributed by atoms with Crippen LogP contribution >= 0.6 is 0 Å². The number of nitrogens with one attached hydrogen (secondary N) is 1. The van der Waals surface area contributed by atoms with Gasteiger partial charge in [0.05, 0.1) is 29.7 Å². The SMILES string of the molecule is O=C(c1cc(-c2ccco2)[nH]n1)N1CCC(n2cnc3ccccc32)C1. The van der Waals surface area contributed by atoms with E-state index in [1.165, 1.54) is 0 Å². The number of rotatable bonds is 3. The van der Waals surface area contributed by atoms with E-state index in [0.717, 1.165) is 17.5 Å². The Hall–Kier alpha value is -3.35. The number of para-hydroxylation sites is 2. The summed E-state index contributed by atoms with van der Waals surface area (Å²) in [5.74, 6) is 0.603. The van der Waals surface area contributed by atoms with Gasteiger partial charge >= 0.3 is 0 Å². The fourth-order valence-corrected chi connectivity index (χ4v) is 3.57. The van der Waals surface area contributed by atoms with Crippen LogP contribution in [0.5, 0.6) is 0 Å². The van der Waals surface area contributed by atoms with Gasteiger partial charge in [0.15, 0.2) is 11.5 Å². The van der Waals surface area contributed by atoms with Crippen LogP contribution in [0.4, 0.5) is 0 Å². The molecule has 7 nitrogen and oxygen atoms in total. The van der Waals surface area contributed by atoms with Crippen molar-refractivity contribution in [2.45, 2.75) is 12.5 Å². The molecule has 1 saturated heterocycles. The van der Waals surface area contributed by atoms with Crippen LogP contribution in [0, 0.1) is 0 Å². The van der Waals surface area contributed by atoms with Gasteiger partial charge in [-0.1, -0.05) is 12.1 Å². The summed E-state index contributed by atoms with van der Waals surface area (Å²) >= 11 is 0. The number of amides is 1. The number of H-pyrrole nitrogens is 1. The second-order valence-corrected chi connectivity index (χ2v) is 6.48. The van der Waals surface area contributed by atoms with Crippen molar-refractivity contribution >= 4 is 16.9 Å². The van der Waals surface area contributed by atoms with Crippen LogP contribution < -0.4 is 0 Å². The number of hydrogen-bond donors (Lipinski definition) is 1. The third kappa shape index (κ3) is 2.40. The average molecular weight is 347 g/mol. The molecular weight excluding hydrogens is 330 g/mol. The third-order valence-corrected chi connectivity index (χ3v) is 4.91. The van der Waals surface area contributed by atoms with Crippen LogP contribution in [0.25, 0.3) is 22.5 Å². The molecule has 1 N–H and O–H groups in total. The molecule has 130 valence electrons. The Bertz CT molecular complexity index is 1060. The van der Waals surface area contributed by atoms with E-state index in [1.807, 2.05) is 35.5 Å². The van der Waals surface area contributed by atoms with Crippen LogP contribution in [0.2, 0.25) is 0 Å². The summed E-state index contributed by atoms with van der Waals surface area (Å²) in [5, 5.41) is 7.03. The van der Waals surface area contributed by atoms with Gasteiger partial charge in [-0.05, 0) is 30.7 Å². The lowest BCUT2D eigenvalue weighted by atomic mass is 10.2. The summed E-state index contributed by atoms with van der Waals surface area (Å²) in [6, 6.07) is 13.7. The van der Waals surface area contributed by atoms with Crippen molar-refractivity contribution in [2.24, 2.45) is 0 Å². The van der Waals surface area contributed by atoms with Gasteiger partial charge in [-0.3, -0.25) is 9.89 Å².